The number of carbonyl (C=O) groups excluding carboxylic acids is 1. The van der Waals surface area contributed by atoms with Crippen LogP contribution in [0.15, 0.2) is 55.0 Å². The standard InChI is InChI=1S/C20H23N7O/c1-16-13-18(27(24-16)17-5-3-2-4-6-17)23-20(28)15-25-9-11-26(12-10-25)19-14-21-7-8-22-19/h2-8,13-14H,9-12,15H2,1H3,(H,23,28). The Morgan fingerprint density at radius 2 is 1.89 bits per heavy atom. The number of anilines is 2. The van der Waals surface area contributed by atoms with Crippen molar-refractivity contribution < 1.29 is 4.79 Å². The third-order valence-corrected chi connectivity index (χ3v) is 4.71. The van der Waals surface area contributed by atoms with Crippen LogP contribution in [-0.2, 0) is 4.79 Å². The van der Waals surface area contributed by atoms with Gasteiger partial charge in [0.25, 0.3) is 0 Å². The van der Waals surface area contributed by atoms with Gasteiger partial charge in [-0.3, -0.25) is 14.7 Å². The number of benzene rings is 1. The van der Waals surface area contributed by atoms with Crippen molar-refractivity contribution in [3.8, 4) is 5.69 Å². The molecule has 1 aliphatic heterocycles. The van der Waals surface area contributed by atoms with Crippen LogP contribution in [0.25, 0.3) is 5.69 Å². The van der Waals surface area contributed by atoms with E-state index in [-0.39, 0.29) is 5.91 Å². The summed E-state index contributed by atoms with van der Waals surface area (Å²) in [6.07, 6.45) is 5.15. The number of hydrogen-bond donors (Lipinski definition) is 1. The zero-order valence-electron chi connectivity index (χ0n) is 15.8. The van der Waals surface area contributed by atoms with Gasteiger partial charge in [-0.1, -0.05) is 18.2 Å². The minimum absolute atomic E-state index is 0.0370. The summed E-state index contributed by atoms with van der Waals surface area (Å²) in [7, 11) is 0. The number of amides is 1. The first-order valence-corrected chi connectivity index (χ1v) is 9.34. The predicted octanol–water partition coefficient (Wildman–Crippen LogP) is 1.73. The molecule has 0 radical (unpaired) electrons. The van der Waals surface area contributed by atoms with Crippen molar-refractivity contribution in [2.24, 2.45) is 0 Å². The third kappa shape index (κ3) is 4.17. The summed E-state index contributed by atoms with van der Waals surface area (Å²) in [4.78, 5) is 25.4. The molecule has 1 fully saturated rings. The molecule has 1 N–H and O–H groups in total. The summed E-state index contributed by atoms with van der Waals surface area (Å²) in [5.74, 6) is 1.53. The fourth-order valence-corrected chi connectivity index (χ4v) is 3.33. The molecule has 1 saturated heterocycles. The summed E-state index contributed by atoms with van der Waals surface area (Å²) in [6, 6.07) is 11.7. The molecule has 1 aromatic carbocycles. The lowest BCUT2D eigenvalue weighted by molar-refractivity contribution is -0.117. The topological polar surface area (TPSA) is 79.2 Å². The van der Waals surface area contributed by atoms with Gasteiger partial charge in [0, 0.05) is 44.6 Å². The molecule has 0 atom stereocenters. The molecule has 0 saturated carbocycles. The Morgan fingerprint density at radius 1 is 1.11 bits per heavy atom. The Kier molecular flexibility index (Phi) is 5.29. The first kappa shape index (κ1) is 18.1. The van der Waals surface area contributed by atoms with Gasteiger partial charge in [-0.05, 0) is 19.1 Å². The molecule has 1 aliphatic rings. The van der Waals surface area contributed by atoms with E-state index < -0.39 is 0 Å². The Morgan fingerprint density at radius 3 is 2.61 bits per heavy atom. The average Bonchev–Trinajstić information content (AvgIpc) is 3.10. The lowest BCUT2D eigenvalue weighted by Gasteiger charge is -2.34. The van der Waals surface area contributed by atoms with E-state index in [0.717, 1.165) is 43.4 Å². The van der Waals surface area contributed by atoms with Crippen LogP contribution in [0, 0.1) is 6.92 Å². The van der Waals surface area contributed by atoms with Gasteiger partial charge in [0.2, 0.25) is 5.91 Å². The second-order valence-corrected chi connectivity index (χ2v) is 6.79. The number of hydrogen-bond acceptors (Lipinski definition) is 6. The fraction of sp³-hybridized carbons (Fsp3) is 0.300. The predicted molar refractivity (Wildman–Crippen MR) is 108 cm³/mol. The molecule has 144 valence electrons. The van der Waals surface area contributed by atoms with E-state index in [9.17, 15) is 4.79 Å². The minimum atomic E-state index is -0.0370. The third-order valence-electron chi connectivity index (χ3n) is 4.71. The van der Waals surface area contributed by atoms with Crippen LogP contribution in [0.4, 0.5) is 11.6 Å². The summed E-state index contributed by atoms with van der Waals surface area (Å²) < 4.78 is 1.76. The van der Waals surface area contributed by atoms with Gasteiger partial charge in [-0.15, -0.1) is 0 Å². The average molecular weight is 377 g/mol. The maximum Gasteiger partial charge on any atom is 0.239 e. The summed E-state index contributed by atoms with van der Waals surface area (Å²) >= 11 is 0. The van der Waals surface area contributed by atoms with E-state index in [4.69, 9.17) is 0 Å². The number of para-hydroxylation sites is 1. The minimum Gasteiger partial charge on any atom is -0.353 e. The first-order chi connectivity index (χ1) is 13.7. The van der Waals surface area contributed by atoms with Crippen LogP contribution in [0.3, 0.4) is 0 Å². The van der Waals surface area contributed by atoms with Crippen molar-refractivity contribution in [3.63, 3.8) is 0 Å². The molecule has 1 amide bonds. The van der Waals surface area contributed by atoms with Gasteiger partial charge in [0.15, 0.2) is 0 Å². The van der Waals surface area contributed by atoms with Crippen molar-refractivity contribution >= 4 is 17.5 Å². The molecule has 8 nitrogen and oxygen atoms in total. The molecule has 4 rings (SSSR count). The van der Waals surface area contributed by atoms with E-state index >= 15 is 0 Å². The molecule has 2 aromatic heterocycles. The second-order valence-electron chi connectivity index (χ2n) is 6.79. The number of aromatic nitrogens is 4. The van der Waals surface area contributed by atoms with Gasteiger partial charge < -0.3 is 10.2 Å². The highest BCUT2D eigenvalue weighted by Gasteiger charge is 2.20. The number of nitrogens with zero attached hydrogens (tertiary/aromatic N) is 6. The van der Waals surface area contributed by atoms with E-state index in [1.165, 1.54) is 0 Å². The van der Waals surface area contributed by atoms with E-state index in [0.29, 0.717) is 12.4 Å². The SMILES string of the molecule is Cc1cc(NC(=O)CN2CCN(c3cnccn3)CC2)n(-c2ccccc2)n1. The van der Waals surface area contributed by atoms with E-state index in [2.05, 4.69) is 30.2 Å². The summed E-state index contributed by atoms with van der Waals surface area (Å²) in [5, 5.41) is 7.50. The molecule has 0 aliphatic carbocycles. The normalized spacial score (nSPS) is 14.8. The van der Waals surface area contributed by atoms with Crippen LogP contribution in [-0.4, -0.2) is 63.3 Å². The smallest absolute Gasteiger partial charge is 0.239 e. The van der Waals surface area contributed by atoms with Gasteiger partial charge in [-0.2, -0.15) is 5.10 Å². The zero-order valence-corrected chi connectivity index (χ0v) is 15.8. The molecule has 8 heteroatoms. The first-order valence-electron chi connectivity index (χ1n) is 9.34. The Hall–Kier alpha value is -3.26. The highest BCUT2D eigenvalue weighted by atomic mass is 16.2. The van der Waals surface area contributed by atoms with Gasteiger partial charge in [-0.25, -0.2) is 9.67 Å². The van der Waals surface area contributed by atoms with E-state index in [1.807, 2.05) is 43.3 Å². The van der Waals surface area contributed by atoms with Crippen LogP contribution in [0.5, 0.6) is 0 Å². The lowest BCUT2D eigenvalue weighted by atomic mass is 10.3. The molecule has 3 heterocycles. The number of aryl methyl sites for hydroxylation is 1. The maximum atomic E-state index is 12.6. The molecular weight excluding hydrogens is 354 g/mol. The number of piperazine rings is 1. The molecule has 0 bridgehead atoms. The lowest BCUT2D eigenvalue weighted by Crippen LogP contribution is -2.49. The molecule has 0 unspecified atom stereocenters. The molecule has 28 heavy (non-hydrogen) atoms. The van der Waals surface area contributed by atoms with Crippen molar-refractivity contribution in [1.82, 2.24) is 24.6 Å². The van der Waals surface area contributed by atoms with Gasteiger partial charge in [0.05, 0.1) is 24.1 Å². The van der Waals surface area contributed by atoms with Crippen LogP contribution in [0.2, 0.25) is 0 Å². The van der Waals surface area contributed by atoms with Crippen molar-refractivity contribution in [2.45, 2.75) is 6.92 Å². The molecule has 3 aromatic rings. The molecule has 0 spiro atoms. The van der Waals surface area contributed by atoms with Gasteiger partial charge >= 0.3 is 0 Å². The van der Waals surface area contributed by atoms with Crippen LogP contribution in [0.1, 0.15) is 5.69 Å². The Balaban J connectivity index is 1.35. The summed E-state index contributed by atoms with van der Waals surface area (Å²) in [6.45, 7) is 5.54. The second kappa shape index (κ2) is 8.18. The maximum absolute atomic E-state index is 12.6. The number of rotatable bonds is 5. The van der Waals surface area contributed by atoms with Crippen molar-refractivity contribution in [1.29, 1.82) is 0 Å². The quantitative estimate of drug-likeness (QED) is 0.730. The highest BCUT2D eigenvalue weighted by molar-refractivity contribution is 5.91. The highest BCUT2D eigenvalue weighted by Crippen LogP contribution is 2.17. The van der Waals surface area contributed by atoms with Gasteiger partial charge in [0.1, 0.15) is 11.6 Å². The number of nitrogens with one attached hydrogen (secondary N) is 1. The van der Waals surface area contributed by atoms with Crippen LogP contribution < -0.4 is 10.2 Å². The Labute approximate surface area is 163 Å². The number of carbonyl (C=O) groups is 1. The molecular formula is C20H23N7O. The van der Waals surface area contributed by atoms with E-state index in [1.54, 1.807) is 23.3 Å². The van der Waals surface area contributed by atoms with Crippen molar-refractivity contribution in [3.05, 3.63) is 60.7 Å². The monoisotopic (exact) mass is 377 g/mol. The van der Waals surface area contributed by atoms with Crippen LogP contribution >= 0.6 is 0 Å². The zero-order chi connectivity index (χ0) is 19.3. The largest absolute Gasteiger partial charge is 0.353 e. The summed E-state index contributed by atoms with van der Waals surface area (Å²) in [5.41, 5.74) is 1.78. The fourth-order valence-electron chi connectivity index (χ4n) is 3.33. The Bertz CT molecular complexity index is 918. The van der Waals surface area contributed by atoms with Crippen molar-refractivity contribution in [2.75, 3.05) is 42.9 Å².